The number of ether oxygens (including phenoxy) is 1. The van der Waals surface area contributed by atoms with E-state index in [4.69, 9.17) is 16.3 Å². The van der Waals surface area contributed by atoms with Gasteiger partial charge in [-0.3, -0.25) is 14.6 Å². The fraction of sp³-hybridized carbons (Fsp3) is 0.488. The Kier molecular flexibility index (Phi) is 10.8. The summed E-state index contributed by atoms with van der Waals surface area (Å²) in [4.78, 5) is 61.0. The number of benzene rings is 1. The molecule has 2 fully saturated rings. The summed E-state index contributed by atoms with van der Waals surface area (Å²) in [7, 11) is 5.93. The van der Waals surface area contributed by atoms with Crippen molar-refractivity contribution in [1.82, 2.24) is 39.5 Å². The summed E-state index contributed by atoms with van der Waals surface area (Å²) in [6, 6.07) is 4.11. The molecule has 0 radical (unpaired) electrons. The molecule has 10 rings (SSSR count). The number of rotatable bonds is 5. The van der Waals surface area contributed by atoms with Crippen molar-refractivity contribution in [3.63, 3.8) is 0 Å². The van der Waals surface area contributed by atoms with Gasteiger partial charge in [0.15, 0.2) is 0 Å². The highest BCUT2D eigenvalue weighted by Crippen LogP contribution is 2.41. The summed E-state index contributed by atoms with van der Waals surface area (Å²) in [6.07, 6.45) is 10.5. The van der Waals surface area contributed by atoms with Gasteiger partial charge in [-0.2, -0.15) is 0 Å². The van der Waals surface area contributed by atoms with Crippen LogP contribution in [0.2, 0.25) is 5.15 Å². The SMILES string of the molecule is CN1CCC(C(=O)N2CCc3c(sc4ncnc(Cl)c34)C2)CC1.COc1cc2c(cc1Nc1ncnc3sc4c(c13)CCN(C(=O)C1CCN(C)CC1)C4)C=NC2. The number of aliphatic imine (C=N–C) groups is 1. The largest absolute Gasteiger partial charge is 0.495 e. The van der Waals surface area contributed by atoms with E-state index in [0.29, 0.717) is 36.6 Å². The number of piperidine rings is 2. The number of nitrogens with one attached hydrogen (secondary N) is 1. The molecule has 0 bridgehead atoms. The molecule has 0 atom stereocenters. The molecule has 57 heavy (non-hydrogen) atoms. The van der Waals surface area contributed by atoms with Crippen molar-refractivity contribution < 1.29 is 14.3 Å². The summed E-state index contributed by atoms with van der Waals surface area (Å²) >= 11 is 9.56. The first-order valence-corrected chi connectivity index (χ1v) is 21.8. The number of hydrogen-bond acceptors (Lipinski definition) is 13. The molecule has 5 aromatic rings. The molecule has 16 heteroatoms. The van der Waals surface area contributed by atoms with Crippen LogP contribution in [-0.2, 0) is 42.1 Å². The average Bonchev–Trinajstić information content (AvgIpc) is 3.96. The van der Waals surface area contributed by atoms with Crippen molar-refractivity contribution in [3.05, 3.63) is 61.9 Å². The summed E-state index contributed by atoms with van der Waals surface area (Å²) in [5.74, 6) is 2.52. The number of aromatic nitrogens is 4. The van der Waals surface area contributed by atoms with Crippen molar-refractivity contribution >= 4 is 84.2 Å². The molecule has 0 saturated carbocycles. The van der Waals surface area contributed by atoms with Crippen LogP contribution in [0.5, 0.6) is 5.75 Å². The zero-order valence-electron chi connectivity index (χ0n) is 32.6. The Morgan fingerprint density at radius 3 is 1.93 bits per heavy atom. The van der Waals surface area contributed by atoms with Crippen LogP contribution in [0.15, 0.2) is 29.8 Å². The van der Waals surface area contributed by atoms with E-state index in [0.717, 1.165) is 127 Å². The minimum Gasteiger partial charge on any atom is -0.495 e. The third kappa shape index (κ3) is 7.60. The predicted molar refractivity (Wildman–Crippen MR) is 226 cm³/mol. The Labute approximate surface area is 345 Å². The molecule has 1 N–H and O–H groups in total. The summed E-state index contributed by atoms with van der Waals surface area (Å²) in [5.41, 5.74) is 5.63. The van der Waals surface area contributed by atoms with E-state index in [1.807, 2.05) is 17.2 Å². The number of carbonyl (C=O) groups excluding carboxylic acids is 2. The lowest BCUT2D eigenvalue weighted by Crippen LogP contribution is -2.43. The van der Waals surface area contributed by atoms with E-state index in [9.17, 15) is 9.59 Å². The van der Waals surface area contributed by atoms with Crippen LogP contribution in [0.4, 0.5) is 11.5 Å². The number of anilines is 2. The zero-order chi connectivity index (χ0) is 39.2. The monoisotopic (exact) mass is 826 g/mol. The van der Waals surface area contributed by atoms with Crippen molar-refractivity contribution in [3.8, 4) is 5.75 Å². The number of thiophene rings is 2. The quantitative estimate of drug-likeness (QED) is 0.205. The molecule has 0 unspecified atom stereocenters. The van der Waals surface area contributed by atoms with Crippen LogP contribution in [0.1, 0.15) is 57.7 Å². The first-order valence-electron chi connectivity index (χ1n) is 19.8. The number of likely N-dealkylation sites (tertiary alicyclic amines) is 2. The Bertz CT molecular complexity index is 2370. The van der Waals surface area contributed by atoms with Gasteiger partial charge in [0.2, 0.25) is 11.8 Å². The second-order valence-electron chi connectivity index (χ2n) is 15.8. The van der Waals surface area contributed by atoms with Crippen molar-refractivity contribution in [2.24, 2.45) is 16.8 Å². The van der Waals surface area contributed by atoms with E-state index < -0.39 is 0 Å². The third-order valence-corrected chi connectivity index (χ3v) is 14.7. The van der Waals surface area contributed by atoms with Crippen molar-refractivity contribution in [2.75, 3.05) is 65.8 Å². The van der Waals surface area contributed by atoms with E-state index in [1.54, 1.807) is 36.1 Å². The molecule has 0 spiro atoms. The first kappa shape index (κ1) is 38.2. The van der Waals surface area contributed by atoms with Gasteiger partial charge in [-0.05, 0) is 113 Å². The Morgan fingerprint density at radius 1 is 0.772 bits per heavy atom. The van der Waals surface area contributed by atoms with Crippen LogP contribution in [0.3, 0.4) is 0 Å². The predicted octanol–water partition coefficient (Wildman–Crippen LogP) is 6.17. The number of nitrogens with zero attached hydrogens (tertiary/aromatic N) is 9. The van der Waals surface area contributed by atoms with Gasteiger partial charge in [-0.25, -0.2) is 19.9 Å². The highest BCUT2D eigenvalue weighted by molar-refractivity contribution is 7.19. The van der Waals surface area contributed by atoms with E-state index in [2.05, 4.69) is 65.1 Å². The maximum absolute atomic E-state index is 13.2. The number of halogens is 1. The minimum absolute atomic E-state index is 0.153. The third-order valence-electron chi connectivity index (χ3n) is 12.2. The number of hydrogen-bond donors (Lipinski definition) is 1. The fourth-order valence-corrected chi connectivity index (χ4v) is 11.6. The smallest absolute Gasteiger partial charge is 0.226 e. The molecule has 2 amide bonds. The van der Waals surface area contributed by atoms with Crippen LogP contribution in [-0.4, -0.2) is 118 Å². The number of amides is 2. The standard InChI is InChI=1S/C25H28N6O2S.C16H19ClN4OS/c1-30-6-3-15(4-7-30)25(32)31-8-5-18-21(13-31)34-24-22(18)23(27-14-28-24)29-19-9-16-11-26-12-17(16)10-20(19)33-2;1-20-5-2-10(3-6-20)16(22)21-7-4-11-12(8-21)23-15-13(11)14(17)18-9-19-15/h9-11,14-15H,3-8,12-13H2,1-2H3,(H,27,28,29);9-10H,2-8H2,1H3. The Morgan fingerprint density at radius 2 is 1.33 bits per heavy atom. The summed E-state index contributed by atoms with van der Waals surface area (Å²) in [6.45, 7) is 7.60. The molecule has 9 heterocycles. The van der Waals surface area contributed by atoms with Gasteiger partial charge in [-0.1, -0.05) is 11.6 Å². The van der Waals surface area contributed by atoms with E-state index in [-0.39, 0.29) is 11.8 Å². The van der Waals surface area contributed by atoms with Crippen LogP contribution in [0.25, 0.3) is 20.4 Å². The van der Waals surface area contributed by atoms with Crippen LogP contribution >= 0.6 is 34.3 Å². The summed E-state index contributed by atoms with van der Waals surface area (Å²) in [5, 5.41) is 6.08. The van der Waals surface area contributed by atoms with Crippen molar-refractivity contribution in [2.45, 2.75) is 58.2 Å². The fourth-order valence-electron chi connectivity index (χ4n) is 8.85. The summed E-state index contributed by atoms with van der Waals surface area (Å²) < 4.78 is 5.65. The minimum atomic E-state index is 0.153. The van der Waals surface area contributed by atoms with Gasteiger partial charge < -0.3 is 29.7 Å². The average molecular weight is 827 g/mol. The van der Waals surface area contributed by atoms with E-state index >= 15 is 0 Å². The topological polar surface area (TPSA) is 132 Å². The Hall–Kier alpha value is -4.28. The molecule has 298 valence electrons. The molecule has 5 aliphatic heterocycles. The molecule has 5 aliphatic rings. The van der Waals surface area contributed by atoms with E-state index in [1.165, 1.54) is 27.2 Å². The van der Waals surface area contributed by atoms with Crippen molar-refractivity contribution in [1.29, 1.82) is 0 Å². The van der Waals surface area contributed by atoms with Gasteiger partial charge in [0.25, 0.3) is 0 Å². The van der Waals surface area contributed by atoms with Gasteiger partial charge in [0.1, 0.15) is 39.0 Å². The highest BCUT2D eigenvalue weighted by Gasteiger charge is 2.33. The zero-order valence-corrected chi connectivity index (χ0v) is 35.0. The van der Waals surface area contributed by atoms with Gasteiger partial charge in [0, 0.05) is 40.9 Å². The molecular weight excluding hydrogens is 780 g/mol. The maximum Gasteiger partial charge on any atom is 0.226 e. The lowest BCUT2D eigenvalue weighted by Gasteiger charge is -2.34. The highest BCUT2D eigenvalue weighted by atomic mass is 35.5. The number of carbonyl (C=O) groups is 2. The Balaban J connectivity index is 0.000000160. The number of methoxy groups -OCH3 is 1. The van der Waals surface area contributed by atoms with Gasteiger partial charge >= 0.3 is 0 Å². The molecule has 4 aromatic heterocycles. The molecule has 13 nitrogen and oxygen atoms in total. The lowest BCUT2D eigenvalue weighted by atomic mass is 9.94. The normalized spacial score (nSPS) is 18.9. The first-order chi connectivity index (χ1) is 27.7. The molecule has 0 aliphatic carbocycles. The molecular formula is C41H47ClN10O3S2. The van der Waals surface area contributed by atoms with Gasteiger partial charge in [0.05, 0.1) is 43.2 Å². The number of fused-ring (bicyclic) bond motifs is 7. The van der Waals surface area contributed by atoms with Crippen LogP contribution < -0.4 is 10.1 Å². The molecule has 2 saturated heterocycles. The second-order valence-corrected chi connectivity index (χ2v) is 18.3. The van der Waals surface area contributed by atoms with Crippen LogP contribution in [0, 0.1) is 11.8 Å². The second kappa shape index (κ2) is 16.2. The molecule has 1 aromatic carbocycles. The maximum atomic E-state index is 13.2. The van der Waals surface area contributed by atoms with Gasteiger partial charge in [-0.15, -0.1) is 22.7 Å². The lowest BCUT2D eigenvalue weighted by molar-refractivity contribution is -0.138.